The number of allylic oxidation sites excluding steroid dienone is 1. The zero-order valence-corrected chi connectivity index (χ0v) is 11.5. The molecule has 0 saturated carbocycles. The van der Waals surface area contributed by atoms with Crippen molar-refractivity contribution in [3.63, 3.8) is 0 Å². The largest absolute Gasteiger partial charge is 0.458 e. The highest BCUT2D eigenvalue weighted by Gasteiger charge is 2.27. The van der Waals surface area contributed by atoms with Crippen molar-refractivity contribution in [1.82, 2.24) is 0 Å². The van der Waals surface area contributed by atoms with E-state index in [9.17, 15) is 19.3 Å². The summed E-state index contributed by atoms with van der Waals surface area (Å²) in [5, 5.41) is 13.2. The molecular weight excluding hydrogens is 291 g/mol. The molecule has 0 saturated heterocycles. The first-order valence-corrected chi connectivity index (χ1v) is 5.99. The molecule has 8 heteroatoms. The molecule has 0 aliphatic rings. The monoisotopic (exact) mass is 302 g/mol. The standard InChI is InChI=1S/C12H12ClFN2O4/c1-3-20-12(17)11(16(18)19)7(2)15-9-6-4-5-8(13)10(9)14/h4-6,15H,3H2,1-2H3/b11-7-. The van der Waals surface area contributed by atoms with Crippen LogP contribution in [-0.2, 0) is 9.53 Å². The van der Waals surface area contributed by atoms with Gasteiger partial charge in [0.25, 0.3) is 0 Å². The molecule has 0 atom stereocenters. The van der Waals surface area contributed by atoms with E-state index in [4.69, 9.17) is 11.6 Å². The number of anilines is 1. The second kappa shape index (κ2) is 6.85. The van der Waals surface area contributed by atoms with E-state index in [0.29, 0.717) is 0 Å². The highest BCUT2D eigenvalue weighted by molar-refractivity contribution is 6.31. The van der Waals surface area contributed by atoms with Crippen molar-refractivity contribution < 1.29 is 18.8 Å². The number of nitrogens with zero attached hydrogens (tertiary/aromatic N) is 1. The number of nitrogens with one attached hydrogen (secondary N) is 1. The third-order valence-corrected chi connectivity index (χ3v) is 2.57. The maximum atomic E-state index is 13.7. The summed E-state index contributed by atoms with van der Waals surface area (Å²) >= 11 is 5.60. The van der Waals surface area contributed by atoms with Gasteiger partial charge in [-0.1, -0.05) is 17.7 Å². The molecule has 108 valence electrons. The minimum Gasteiger partial charge on any atom is -0.458 e. The minimum atomic E-state index is -1.09. The number of rotatable bonds is 5. The number of carbonyl (C=O) groups excluding carboxylic acids is 1. The van der Waals surface area contributed by atoms with Gasteiger partial charge in [-0.15, -0.1) is 0 Å². The Kier molecular flexibility index (Phi) is 5.45. The number of halogens is 2. The molecule has 1 aromatic rings. The quantitative estimate of drug-likeness (QED) is 0.391. The predicted molar refractivity (Wildman–Crippen MR) is 71.4 cm³/mol. The van der Waals surface area contributed by atoms with Crippen LogP contribution in [0.4, 0.5) is 10.1 Å². The van der Waals surface area contributed by atoms with Gasteiger partial charge in [0.05, 0.1) is 27.9 Å². The number of hydrogen-bond donors (Lipinski definition) is 1. The summed E-state index contributed by atoms with van der Waals surface area (Å²) < 4.78 is 18.3. The van der Waals surface area contributed by atoms with Crippen molar-refractivity contribution in [2.75, 3.05) is 11.9 Å². The van der Waals surface area contributed by atoms with Crippen LogP contribution in [0.3, 0.4) is 0 Å². The molecule has 0 amide bonds. The number of ether oxygens (including phenoxy) is 1. The van der Waals surface area contributed by atoms with Crippen LogP contribution in [0.25, 0.3) is 0 Å². The molecule has 0 radical (unpaired) electrons. The molecule has 0 aliphatic heterocycles. The number of carbonyl (C=O) groups is 1. The summed E-state index contributed by atoms with van der Waals surface area (Å²) in [6, 6.07) is 4.14. The fourth-order valence-electron chi connectivity index (χ4n) is 1.43. The molecule has 1 rings (SSSR count). The number of hydrogen-bond acceptors (Lipinski definition) is 5. The molecule has 0 bridgehead atoms. The van der Waals surface area contributed by atoms with Crippen LogP contribution in [0.5, 0.6) is 0 Å². The highest BCUT2D eigenvalue weighted by Crippen LogP contribution is 2.24. The Morgan fingerprint density at radius 3 is 2.75 bits per heavy atom. The van der Waals surface area contributed by atoms with Gasteiger partial charge < -0.3 is 10.1 Å². The van der Waals surface area contributed by atoms with E-state index < -0.39 is 22.4 Å². The smallest absolute Gasteiger partial charge is 0.411 e. The van der Waals surface area contributed by atoms with Gasteiger partial charge in [0, 0.05) is 0 Å². The van der Waals surface area contributed by atoms with Crippen molar-refractivity contribution in [2.45, 2.75) is 13.8 Å². The Bertz CT molecular complexity index is 575. The van der Waals surface area contributed by atoms with Gasteiger partial charge in [0.15, 0.2) is 5.82 Å². The summed E-state index contributed by atoms with van der Waals surface area (Å²) in [6.07, 6.45) is 0. The maximum absolute atomic E-state index is 13.7. The first-order valence-electron chi connectivity index (χ1n) is 5.61. The van der Waals surface area contributed by atoms with Gasteiger partial charge in [-0.3, -0.25) is 10.1 Å². The summed E-state index contributed by atoms with van der Waals surface area (Å²) in [5.74, 6) is -1.86. The molecule has 1 N–H and O–H groups in total. The fourth-order valence-corrected chi connectivity index (χ4v) is 1.60. The van der Waals surface area contributed by atoms with Crippen LogP contribution in [-0.4, -0.2) is 17.5 Å². The summed E-state index contributed by atoms with van der Waals surface area (Å²) in [5.41, 5.74) is -1.00. The number of nitro groups is 1. The lowest BCUT2D eigenvalue weighted by molar-refractivity contribution is -0.422. The summed E-state index contributed by atoms with van der Waals surface area (Å²) in [6.45, 7) is 2.79. The zero-order valence-electron chi connectivity index (χ0n) is 10.8. The van der Waals surface area contributed by atoms with Gasteiger partial charge in [-0.25, -0.2) is 9.18 Å². The van der Waals surface area contributed by atoms with Gasteiger partial charge in [-0.05, 0) is 26.0 Å². The second-order valence-corrected chi connectivity index (χ2v) is 4.08. The third-order valence-electron chi connectivity index (χ3n) is 2.28. The van der Waals surface area contributed by atoms with Crippen LogP contribution < -0.4 is 5.32 Å². The van der Waals surface area contributed by atoms with Gasteiger partial charge >= 0.3 is 11.7 Å². The Balaban J connectivity index is 3.14. The molecule has 0 aliphatic carbocycles. The van der Waals surface area contributed by atoms with Crippen molar-refractivity contribution in [2.24, 2.45) is 0 Å². The lowest BCUT2D eigenvalue weighted by Crippen LogP contribution is -2.19. The van der Waals surface area contributed by atoms with Gasteiger partial charge in [-0.2, -0.15) is 0 Å². The summed E-state index contributed by atoms with van der Waals surface area (Å²) in [4.78, 5) is 21.5. The molecular formula is C12H12ClFN2O4. The SMILES string of the molecule is CCOC(=O)/C(=C(\C)Nc1cccc(Cl)c1F)[N+](=O)[O-]. The average Bonchev–Trinajstić information content (AvgIpc) is 2.35. The van der Waals surface area contributed by atoms with Crippen LogP contribution >= 0.6 is 11.6 Å². The van der Waals surface area contributed by atoms with Crippen LogP contribution in [0.15, 0.2) is 29.6 Å². The molecule has 1 aromatic carbocycles. The molecule has 0 fully saturated rings. The topological polar surface area (TPSA) is 81.5 Å². The Hall–Kier alpha value is -2.15. The Labute approximate surface area is 119 Å². The van der Waals surface area contributed by atoms with Crippen molar-refractivity contribution >= 4 is 23.3 Å². The fraction of sp³-hybridized carbons (Fsp3) is 0.250. The van der Waals surface area contributed by atoms with Crippen molar-refractivity contribution in [3.8, 4) is 0 Å². The minimum absolute atomic E-state index is 0.00498. The van der Waals surface area contributed by atoms with Gasteiger partial charge in [0.1, 0.15) is 0 Å². The first-order chi connectivity index (χ1) is 9.38. The molecule has 6 nitrogen and oxygen atoms in total. The molecule has 0 spiro atoms. The Morgan fingerprint density at radius 1 is 1.55 bits per heavy atom. The molecule has 20 heavy (non-hydrogen) atoms. The van der Waals surface area contributed by atoms with E-state index in [1.807, 2.05) is 0 Å². The van der Waals surface area contributed by atoms with E-state index >= 15 is 0 Å². The van der Waals surface area contributed by atoms with E-state index in [1.54, 1.807) is 0 Å². The predicted octanol–water partition coefficient (Wildman–Crippen LogP) is 2.96. The molecule has 0 unspecified atom stereocenters. The molecule has 0 aromatic heterocycles. The van der Waals surface area contributed by atoms with E-state index in [1.165, 1.54) is 32.0 Å². The van der Waals surface area contributed by atoms with Crippen molar-refractivity contribution in [3.05, 3.63) is 50.5 Å². The maximum Gasteiger partial charge on any atom is 0.411 e. The lowest BCUT2D eigenvalue weighted by Gasteiger charge is -2.09. The lowest BCUT2D eigenvalue weighted by atomic mass is 10.2. The van der Waals surface area contributed by atoms with E-state index in [0.717, 1.165) is 0 Å². The van der Waals surface area contributed by atoms with Gasteiger partial charge in [0.2, 0.25) is 0 Å². The van der Waals surface area contributed by atoms with Crippen LogP contribution in [0, 0.1) is 15.9 Å². The average molecular weight is 303 g/mol. The first kappa shape index (κ1) is 15.9. The van der Waals surface area contributed by atoms with Crippen LogP contribution in [0.1, 0.15) is 13.8 Å². The van der Waals surface area contributed by atoms with E-state index in [2.05, 4.69) is 10.1 Å². The Morgan fingerprint density at radius 2 is 2.20 bits per heavy atom. The van der Waals surface area contributed by atoms with Crippen molar-refractivity contribution in [1.29, 1.82) is 0 Å². The zero-order chi connectivity index (χ0) is 15.3. The van der Waals surface area contributed by atoms with E-state index in [-0.39, 0.29) is 23.0 Å². The number of benzene rings is 1. The second-order valence-electron chi connectivity index (χ2n) is 3.68. The highest BCUT2D eigenvalue weighted by atomic mass is 35.5. The van der Waals surface area contributed by atoms with Crippen LogP contribution in [0.2, 0.25) is 5.02 Å². The normalized spacial score (nSPS) is 11.6. The molecule has 0 heterocycles. The third kappa shape index (κ3) is 3.67. The number of esters is 1. The summed E-state index contributed by atoms with van der Waals surface area (Å²) in [7, 11) is 0.